The molecule has 0 amide bonds. The third-order valence-corrected chi connectivity index (χ3v) is 8.50. The van der Waals surface area contributed by atoms with Crippen LogP contribution in [0.5, 0.6) is 0 Å². The van der Waals surface area contributed by atoms with E-state index in [9.17, 15) is 18.9 Å². The van der Waals surface area contributed by atoms with Crippen LogP contribution in [0.25, 0.3) is 0 Å². The first kappa shape index (κ1) is 31.7. The molecule has 0 N–H and O–H groups in total. The fourth-order valence-corrected chi connectivity index (χ4v) is 6.20. The Morgan fingerprint density at radius 1 is 0.914 bits per heavy atom. The Hall–Kier alpha value is -1.35. The maximum absolute atomic E-state index is 14.1. The lowest BCUT2D eigenvalue weighted by Gasteiger charge is -2.30. The van der Waals surface area contributed by atoms with Gasteiger partial charge in [0.15, 0.2) is 0 Å². The van der Waals surface area contributed by atoms with Crippen molar-refractivity contribution in [1.29, 1.82) is 0 Å². The smallest absolute Gasteiger partial charge is 0.363 e. The van der Waals surface area contributed by atoms with Crippen molar-refractivity contribution in [2.45, 2.75) is 81.1 Å². The van der Waals surface area contributed by atoms with E-state index in [0.29, 0.717) is 17.5 Å². The second-order valence-electron chi connectivity index (χ2n) is 10.3. The molecule has 0 aromatic heterocycles. The van der Waals surface area contributed by atoms with Gasteiger partial charge >= 0.3 is 25.5 Å². The van der Waals surface area contributed by atoms with Crippen molar-refractivity contribution in [3.63, 3.8) is 0 Å². The molecule has 202 valence electrons. The maximum atomic E-state index is 14.1. The van der Waals surface area contributed by atoms with E-state index in [1.165, 1.54) is 11.8 Å². The van der Waals surface area contributed by atoms with Crippen LogP contribution in [0.2, 0.25) is 0 Å². The van der Waals surface area contributed by atoms with E-state index in [4.69, 9.17) is 23.3 Å². The topological polar surface area (TPSA) is 114 Å². The van der Waals surface area contributed by atoms with Gasteiger partial charge in [-0.3, -0.25) is 28.0 Å². The zero-order chi connectivity index (χ0) is 26.9. The summed E-state index contributed by atoms with van der Waals surface area (Å²) >= 11 is 1.42. The van der Waals surface area contributed by atoms with Gasteiger partial charge in [-0.05, 0) is 72.6 Å². The number of carbonyl (C=O) groups excluding carboxylic acids is 3. The predicted octanol–water partition coefficient (Wildman–Crippen LogP) is 6.02. The summed E-state index contributed by atoms with van der Waals surface area (Å²) in [4.78, 5) is 37.6. The molecule has 1 aliphatic heterocycles. The second-order valence-corrected chi connectivity index (χ2v) is 13.5. The van der Waals surface area contributed by atoms with Gasteiger partial charge in [0.05, 0.1) is 28.7 Å². The van der Waals surface area contributed by atoms with Crippen molar-refractivity contribution in [2.75, 3.05) is 25.9 Å². The molecule has 1 atom stereocenters. The Morgan fingerprint density at radius 2 is 1.43 bits per heavy atom. The lowest BCUT2D eigenvalue weighted by atomic mass is 9.98. The minimum absolute atomic E-state index is 0.114. The molecule has 35 heavy (non-hydrogen) atoms. The fraction of sp³-hybridized carbons (Fsp3) is 0.792. The van der Waals surface area contributed by atoms with Crippen molar-refractivity contribution in [3.05, 3.63) is 10.2 Å². The molecule has 11 heteroatoms. The summed E-state index contributed by atoms with van der Waals surface area (Å²) in [6.07, 6.45) is 2.50. The third-order valence-electron chi connectivity index (χ3n) is 4.98. The number of esters is 3. The minimum Gasteiger partial charge on any atom is -0.466 e. The summed E-state index contributed by atoms with van der Waals surface area (Å²) in [5, 5.41) is 0.332. The number of carbonyl (C=O) groups is 3. The van der Waals surface area contributed by atoms with Gasteiger partial charge in [-0.25, -0.2) is 0 Å². The molecule has 1 heterocycles. The van der Waals surface area contributed by atoms with Crippen molar-refractivity contribution in [1.82, 2.24) is 0 Å². The van der Waals surface area contributed by atoms with Crippen LogP contribution in [0, 0.1) is 16.7 Å². The van der Waals surface area contributed by atoms with Crippen LogP contribution in [-0.2, 0) is 42.2 Å². The first-order valence-corrected chi connectivity index (χ1v) is 14.4. The summed E-state index contributed by atoms with van der Waals surface area (Å²) in [6, 6.07) is 0. The predicted molar refractivity (Wildman–Crippen MR) is 134 cm³/mol. The van der Waals surface area contributed by atoms with E-state index in [2.05, 4.69) is 0 Å². The van der Waals surface area contributed by atoms with Gasteiger partial charge < -0.3 is 14.2 Å². The Kier molecular flexibility index (Phi) is 12.5. The highest BCUT2D eigenvalue weighted by Gasteiger charge is 2.41. The molecule has 0 aliphatic carbocycles. The number of allylic oxidation sites excluding steroid dienone is 2. The largest absolute Gasteiger partial charge is 0.466 e. The average molecular weight is 537 g/mol. The molecular weight excluding hydrogens is 495 g/mol. The number of ether oxygens (including phenoxy) is 3. The van der Waals surface area contributed by atoms with Crippen LogP contribution in [0.4, 0.5) is 0 Å². The summed E-state index contributed by atoms with van der Waals surface area (Å²) in [5.74, 6) is -1.51. The minimum atomic E-state index is -4.11. The zero-order valence-corrected chi connectivity index (χ0v) is 24.0. The molecule has 1 aliphatic rings. The van der Waals surface area contributed by atoms with Crippen molar-refractivity contribution < 1.29 is 42.2 Å². The first-order valence-electron chi connectivity index (χ1n) is 11.9. The summed E-state index contributed by atoms with van der Waals surface area (Å²) in [6.45, 7) is 12.9. The molecule has 0 spiro atoms. The normalized spacial score (nSPS) is 17.2. The van der Waals surface area contributed by atoms with Gasteiger partial charge in [0.1, 0.15) is 0 Å². The lowest BCUT2D eigenvalue weighted by molar-refractivity contribution is -0.161. The van der Waals surface area contributed by atoms with Crippen molar-refractivity contribution >= 4 is 37.3 Å². The molecule has 0 aromatic carbocycles. The first-order chi connectivity index (χ1) is 16.2. The van der Waals surface area contributed by atoms with Gasteiger partial charge in [0.25, 0.3) is 0 Å². The molecule has 0 saturated heterocycles. The molecule has 0 saturated carbocycles. The van der Waals surface area contributed by atoms with E-state index in [0.717, 1.165) is 17.7 Å². The summed E-state index contributed by atoms with van der Waals surface area (Å²) in [5.41, 5.74) is -1.56. The monoisotopic (exact) mass is 536 g/mol. The molecule has 0 unspecified atom stereocenters. The highest BCUT2D eigenvalue weighted by atomic mass is 32.2. The van der Waals surface area contributed by atoms with Gasteiger partial charge in [0, 0.05) is 5.75 Å². The van der Waals surface area contributed by atoms with Gasteiger partial charge in [-0.15, -0.1) is 11.8 Å². The lowest BCUT2D eigenvalue weighted by Crippen LogP contribution is -2.26. The Balaban J connectivity index is 3.23. The van der Waals surface area contributed by atoms with E-state index >= 15 is 0 Å². The second kappa shape index (κ2) is 13.8. The van der Waals surface area contributed by atoms with Crippen LogP contribution in [0.15, 0.2) is 10.2 Å². The maximum Gasteiger partial charge on any atom is 0.363 e. The Morgan fingerprint density at radius 3 is 1.86 bits per heavy atom. The van der Waals surface area contributed by atoms with Crippen LogP contribution < -0.4 is 0 Å². The van der Waals surface area contributed by atoms with Crippen LogP contribution >= 0.6 is 19.4 Å². The quantitative estimate of drug-likeness (QED) is 0.127. The van der Waals surface area contributed by atoms with E-state index in [1.54, 1.807) is 48.5 Å². The fourth-order valence-electron chi connectivity index (χ4n) is 2.85. The molecule has 0 fully saturated rings. The Labute approximate surface area is 213 Å². The van der Waals surface area contributed by atoms with Gasteiger partial charge in [0.2, 0.25) is 13.6 Å². The molecular formula is C24H41O9PS. The standard InChI is InChI=1S/C24H41O9PS/c1-9-11-12-19-18(13-17(14-35-19)20(25)29-10-2)34(28,32-15-30-21(26)23(3,4)5)33-16-31-22(27)24(6,7)8/h17H,9-16H2,1-8H3/t17-/m0/s1. The highest BCUT2D eigenvalue weighted by molar-refractivity contribution is 8.03. The van der Waals surface area contributed by atoms with Gasteiger partial charge in [-0.2, -0.15) is 0 Å². The molecule has 0 radical (unpaired) electrons. The average Bonchev–Trinajstić information content (AvgIpc) is 2.76. The van der Waals surface area contributed by atoms with E-state index in [-0.39, 0.29) is 13.0 Å². The van der Waals surface area contributed by atoms with Gasteiger partial charge in [-0.1, -0.05) is 13.3 Å². The number of hydrogen-bond donors (Lipinski definition) is 0. The number of thioether (sulfide) groups is 1. The molecule has 0 aromatic rings. The summed E-state index contributed by atoms with van der Waals surface area (Å²) < 4.78 is 40.7. The SMILES string of the molecule is CCCCC1=C(P(=O)(OCOC(=O)C(C)(C)C)OCOC(=O)C(C)(C)C)C[C@H](C(=O)OCC)CS1. The zero-order valence-electron chi connectivity index (χ0n) is 22.3. The van der Waals surface area contributed by atoms with Crippen LogP contribution in [-0.4, -0.2) is 43.9 Å². The highest BCUT2D eigenvalue weighted by Crippen LogP contribution is 2.62. The van der Waals surface area contributed by atoms with Crippen LogP contribution in [0.1, 0.15) is 81.1 Å². The number of unbranched alkanes of at least 4 members (excludes halogenated alkanes) is 1. The summed E-state index contributed by atoms with van der Waals surface area (Å²) in [7, 11) is -4.11. The third kappa shape index (κ3) is 10.3. The van der Waals surface area contributed by atoms with Crippen molar-refractivity contribution in [3.8, 4) is 0 Å². The molecule has 9 nitrogen and oxygen atoms in total. The van der Waals surface area contributed by atoms with E-state index in [1.807, 2.05) is 6.92 Å². The Bertz CT molecular complexity index is 788. The number of hydrogen-bond acceptors (Lipinski definition) is 10. The van der Waals surface area contributed by atoms with Crippen molar-refractivity contribution in [2.24, 2.45) is 16.7 Å². The van der Waals surface area contributed by atoms with Crippen LogP contribution in [0.3, 0.4) is 0 Å². The molecule has 1 rings (SSSR count). The van der Waals surface area contributed by atoms with E-state index < -0.39 is 55.8 Å². The molecule has 0 bridgehead atoms. The number of rotatable bonds is 12.